The summed E-state index contributed by atoms with van der Waals surface area (Å²) in [5.74, 6) is 2.63. The maximum absolute atomic E-state index is 5.74. The lowest BCUT2D eigenvalue weighted by Crippen LogP contribution is -2.18. The summed E-state index contributed by atoms with van der Waals surface area (Å²) < 4.78 is 7.65. The molecule has 0 saturated carbocycles. The van der Waals surface area contributed by atoms with Gasteiger partial charge in [-0.25, -0.2) is 0 Å². The van der Waals surface area contributed by atoms with Crippen LogP contribution in [0.15, 0.2) is 28.9 Å². The molecule has 0 unspecified atom stereocenters. The van der Waals surface area contributed by atoms with Crippen LogP contribution >= 0.6 is 0 Å². The average Bonchev–Trinajstić information content (AvgIpc) is 2.90. The van der Waals surface area contributed by atoms with Crippen LogP contribution in [0.1, 0.15) is 30.9 Å². The molecule has 4 nitrogen and oxygen atoms in total. The van der Waals surface area contributed by atoms with E-state index in [1.807, 2.05) is 23.9 Å². The summed E-state index contributed by atoms with van der Waals surface area (Å²) >= 11 is 0. The number of rotatable bonds is 6. The smallest absolute Gasteiger partial charge is 0.118 e. The highest BCUT2D eigenvalue weighted by Crippen LogP contribution is 2.15. The van der Waals surface area contributed by atoms with E-state index in [9.17, 15) is 0 Å². The van der Waals surface area contributed by atoms with Crippen molar-refractivity contribution in [2.45, 2.75) is 33.9 Å². The molecular formula is C14H21N3O. The molecule has 0 spiro atoms. The fourth-order valence-electron chi connectivity index (χ4n) is 1.88. The second kappa shape index (κ2) is 5.87. The third-order valence-electron chi connectivity index (χ3n) is 2.81. The van der Waals surface area contributed by atoms with Gasteiger partial charge in [0.1, 0.15) is 11.5 Å². The Morgan fingerprint density at radius 3 is 2.94 bits per heavy atom. The second-order valence-electron chi connectivity index (χ2n) is 5.02. The first-order chi connectivity index (χ1) is 8.65. The first-order valence-electron chi connectivity index (χ1n) is 6.41. The van der Waals surface area contributed by atoms with Gasteiger partial charge in [-0.3, -0.25) is 4.68 Å². The summed E-state index contributed by atoms with van der Waals surface area (Å²) in [4.78, 5) is 0. The zero-order chi connectivity index (χ0) is 13.0. The minimum atomic E-state index is 0.657. The van der Waals surface area contributed by atoms with Crippen molar-refractivity contribution in [3.8, 4) is 0 Å². The maximum Gasteiger partial charge on any atom is 0.118 e. The summed E-state index contributed by atoms with van der Waals surface area (Å²) in [5, 5.41) is 7.59. The highest BCUT2D eigenvalue weighted by atomic mass is 16.3. The van der Waals surface area contributed by atoms with Gasteiger partial charge in [0.05, 0.1) is 13.1 Å². The third kappa shape index (κ3) is 3.47. The number of aromatic nitrogens is 2. The molecule has 2 heterocycles. The Bertz CT molecular complexity index is 471. The van der Waals surface area contributed by atoms with E-state index in [2.05, 4.69) is 30.3 Å². The molecule has 1 N–H and O–H groups in total. The van der Waals surface area contributed by atoms with Crippen LogP contribution in [0, 0.1) is 12.8 Å². The number of nitrogens with one attached hydrogen (secondary N) is 1. The summed E-state index contributed by atoms with van der Waals surface area (Å²) in [6, 6.07) is 4.05. The molecule has 0 aliphatic carbocycles. The number of hydrogen-bond donors (Lipinski definition) is 1. The van der Waals surface area contributed by atoms with E-state index in [4.69, 9.17) is 4.42 Å². The van der Waals surface area contributed by atoms with Crippen LogP contribution in [-0.4, -0.2) is 16.3 Å². The zero-order valence-electron chi connectivity index (χ0n) is 11.3. The molecular weight excluding hydrogens is 226 g/mol. The number of furan rings is 1. The van der Waals surface area contributed by atoms with E-state index in [1.165, 1.54) is 5.56 Å². The molecule has 0 aliphatic rings. The summed E-state index contributed by atoms with van der Waals surface area (Å²) in [6.07, 6.45) is 3.75. The molecule has 4 heteroatoms. The average molecular weight is 247 g/mol. The van der Waals surface area contributed by atoms with Crippen LogP contribution in [0.3, 0.4) is 0 Å². The van der Waals surface area contributed by atoms with Crippen LogP contribution in [0.25, 0.3) is 0 Å². The lowest BCUT2D eigenvalue weighted by Gasteiger charge is -2.04. The van der Waals surface area contributed by atoms with Crippen molar-refractivity contribution in [3.63, 3.8) is 0 Å². The number of nitrogens with zero attached hydrogens (tertiary/aromatic N) is 2. The molecule has 0 radical (unpaired) electrons. The molecule has 0 atom stereocenters. The van der Waals surface area contributed by atoms with Crippen LogP contribution in [0.5, 0.6) is 0 Å². The van der Waals surface area contributed by atoms with Crippen molar-refractivity contribution < 1.29 is 4.42 Å². The largest absolute Gasteiger partial charge is 0.465 e. The summed E-state index contributed by atoms with van der Waals surface area (Å²) in [7, 11) is 0. The Balaban J connectivity index is 1.94. The lowest BCUT2D eigenvalue weighted by molar-refractivity contribution is 0.446. The first kappa shape index (κ1) is 12.9. The van der Waals surface area contributed by atoms with Gasteiger partial charge in [0.25, 0.3) is 0 Å². The summed E-state index contributed by atoms with van der Waals surface area (Å²) in [5.41, 5.74) is 1.19. The standard InChI is InChI=1S/C14H21N3O/c1-11(2)8-15-9-14-7-13(12(3)18-14)10-17-6-4-5-16-17/h4-7,11,15H,8-10H2,1-3H3. The van der Waals surface area contributed by atoms with Crippen molar-refractivity contribution in [3.05, 3.63) is 41.6 Å². The first-order valence-corrected chi connectivity index (χ1v) is 6.41. The molecule has 2 aromatic rings. The Morgan fingerprint density at radius 2 is 2.28 bits per heavy atom. The van der Waals surface area contributed by atoms with Crippen LogP contribution in [0.2, 0.25) is 0 Å². The highest BCUT2D eigenvalue weighted by Gasteiger charge is 2.08. The van der Waals surface area contributed by atoms with Crippen LogP contribution in [0.4, 0.5) is 0 Å². The molecule has 0 bridgehead atoms. The minimum Gasteiger partial charge on any atom is -0.465 e. The van der Waals surface area contributed by atoms with Gasteiger partial charge in [-0.1, -0.05) is 13.8 Å². The molecule has 0 saturated heterocycles. The lowest BCUT2D eigenvalue weighted by atomic mass is 10.2. The zero-order valence-corrected chi connectivity index (χ0v) is 11.3. The molecule has 2 rings (SSSR count). The molecule has 0 aliphatic heterocycles. The number of hydrogen-bond acceptors (Lipinski definition) is 3. The highest BCUT2D eigenvalue weighted by molar-refractivity contribution is 5.21. The van der Waals surface area contributed by atoms with Gasteiger partial charge >= 0.3 is 0 Å². The van der Waals surface area contributed by atoms with Gasteiger partial charge in [-0.05, 0) is 31.5 Å². The fraction of sp³-hybridized carbons (Fsp3) is 0.500. The molecule has 2 aromatic heterocycles. The van der Waals surface area contributed by atoms with E-state index >= 15 is 0 Å². The van der Waals surface area contributed by atoms with Crippen molar-refractivity contribution in [1.82, 2.24) is 15.1 Å². The van der Waals surface area contributed by atoms with Gasteiger partial charge in [0.2, 0.25) is 0 Å². The molecule has 0 amide bonds. The maximum atomic E-state index is 5.74. The number of aryl methyl sites for hydroxylation is 1. The van der Waals surface area contributed by atoms with Gasteiger partial charge in [-0.2, -0.15) is 5.10 Å². The normalized spacial score (nSPS) is 11.3. The molecule has 0 aromatic carbocycles. The quantitative estimate of drug-likeness (QED) is 0.853. The minimum absolute atomic E-state index is 0.657. The Morgan fingerprint density at radius 1 is 1.44 bits per heavy atom. The van der Waals surface area contributed by atoms with Crippen molar-refractivity contribution in [1.29, 1.82) is 0 Å². The van der Waals surface area contributed by atoms with Gasteiger partial charge < -0.3 is 9.73 Å². The van der Waals surface area contributed by atoms with Crippen molar-refractivity contribution >= 4 is 0 Å². The monoisotopic (exact) mass is 247 g/mol. The second-order valence-corrected chi connectivity index (χ2v) is 5.02. The summed E-state index contributed by atoms with van der Waals surface area (Å²) in [6.45, 7) is 8.97. The van der Waals surface area contributed by atoms with E-state index in [-0.39, 0.29) is 0 Å². The Kier molecular flexibility index (Phi) is 4.20. The van der Waals surface area contributed by atoms with E-state index in [0.717, 1.165) is 31.2 Å². The predicted molar refractivity (Wildman–Crippen MR) is 71.3 cm³/mol. The van der Waals surface area contributed by atoms with E-state index in [0.29, 0.717) is 5.92 Å². The molecule has 0 fully saturated rings. The van der Waals surface area contributed by atoms with Gasteiger partial charge in [-0.15, -0.1) is 0 Å². The Labute approximate surface area is 108 Å². The Hall–Kier alpha value is -1.55. The SMILES string of the molecule is Cc1oc(CNCC(C)C)cc1Cn1cccn1. The predicted octanol–water partition coefficient (Wildman–Crippen LogP) is 2.58. The van der Waals surface area contributed by atoms with Gasteiger partial charge in [0, 0.05) is 18.0 Å². The van der Waals surface area contributed by atoms with E-state index in [1.54, 1.807) is 6.20 Å². The van der Waals surface area contributed by atoms with E-state index < -0.39 is 0 Å². The molecule has 98 valence electrons. The van der Waals surface area contributed by atoms with Crippen molar-refractivity contribution in [2.75, 3.05) is 6.54 Å². The topological polar surface area (TPSA) is 43.0 Å². The third-order valence-corrected chi connectivity index (χ3v) is 2.81. The van der Waals surface area contributed by atoms with Crippen molar-refractivity contribution in [2.24, 2.45) is 5.92 Å². The fourth-order valence-corrected chi connectivity index (χ4v) is 1.88. The van der Waals surface area contributed by atoms with Gasteiger partial charge in [0.15, 0.2) is 0 Å². The van der Waals surface area contributed by atoms with Crippen LogP contribution in [-0.2, 0) is 13.1 Å². The molecule has 18 heavy (non-hydrogen) atoms. The van der Waals surface area contributed by atoms with Crippen LogP contribution < -0.4 is 5.32 Å².